The van der Waals surface area contributed by atoms with E-state index in [1.807, 2.05) is 48.5 Å². The Morgan fingerprint density at radius 3 is 1.06 bits per heavy atom. The van der Waals surface area contributed by atoms with Crippen molar-refractivity contribution in [1.82, 2.24) is 0 Å². The molecule has 2 unspecified atom stereocenters. The summed E-state index contributed by atoms with van der Waals surface area (Å²) < 4.78 is 0. The largest absolute Gasteiger partial charge is 0.481 e. The summed E-state index contributed by atoms with van der Waals surface area (Å²) in [4.78, 5) is 21.5. The summed E-state index contributed by atoms with van der Waals surface area (Å²) in [7, 11) is 0. The van der Waals surface area contributed by atoms with E-state index in [0.717, 1.165) is 24.0 Å². The molecule has 0 spiro atoms. The molecule has 0 fully saturated rings. The van der Waals surface area contributed by atoms with Crippen LogP contribution in [0.1, 0.15) is 75.6 Å². The van der Waals surface area contributed by atoms with Gasteiger partial charge in [-0.25, -0.2) is 0 Å². The summed E-state index contributed by atoms with van der Waals surface area (Å²) in [6.45, 7) is 12.1. The van der Waals surface area contributed by atoms with Gasteiger partial charge >= 0.3 is 11.9 Å². The van der Waals surface area contributed by atoms with Gasteiger partial charge in [0.05, 0.1) is 11.8 Å². The molecule has 2 N–H and O–H groups in total. The van der Waals surface area contributed by atoms with Gasteiger partial charge in [-0.05, 0) is 60.8 Å². The van der Waals surface area contributed by atoms with E-state index in [0.29, 0.717) is 11.8 Å². The van der Waals surface area contributed by atoms with E-state index in [-0.39, 0.29) is 19.5 Å². The van der Waals surface area contributed by atoms with Gasteiger partial charge in [-0.15, -0.1) is 0 Å². The van der Waals surface area contributed by atoms with Crippen LogP contribution >= 0.6 is 0 Å². The van der Waals surface area contributed by atoms with E-state index in [1.54, 1.807) is 13.8 Å². The number of rotatable bonds is 8. The minimum atomic E-state index is -0.772. The van der Waals surface area contributed by atoms with Crippen molar-refractivity contribution in [2.24, 2.45) is 11.8 Å². The average molecular weight is 478 g/mol. The number of hydrogen-bond donors (Lipinski definition) is 2. The van der Waals surface area contributed by atoms with Gasteiger partial charge in [0.2, 0.25) is 0 Å². The van der Waals surface area contributed by atoms with Crippen LogP contribution in [0.15, 0.2) is 48.5 Å². The smallest absolute Gasteiger partial charge is 0.310 e. The Morgan fingerprint density at radius 1 is 0.613 bits per heavy atom. The molecular formula is C26H36O4Zn. The van der Waals surface area contributed by atoms with E-state index in [9.17, 15) is 9.59 Å². The van der Waals surface area contributed by atoms with Crippen molar-refractivity contribution in [2.75, 3.05) is 0 Å². The molecule has 166 valence electrons. The van der Waals surface area contributed by atoms with Crippen molar-refractivity contribution in [3.63, 3.8) is 0 Å². The van der Waals surface area contributed by atoms with Gasteiger partial charge in [0.15, 0.2) is 0 Å². The summed E-state index contributed by atoms with van der Waals surface area (Å²) in [6.07, 6.45) is 2.09. The van der Waals surface area contributed by atoms with Gasteiger partial charge in [0.1, 0.15) is 0 Å². The molecule has 2 aromatic carbocycles. The summed E-state index contributed by atoms with van der Waals surface area (Å²) in [5.74, 6) is -1.12. The van der Waals surface area contributed by atoms with Gasteiger partial charge in [-0.1, -0.05) is 76.2 Å². The predicted molar refractivity (Wildman–Crippen MR) is 122 cm³/mol. The zero-order chi connectivity index (χ0) is 22.8. The van der Waals surface area contributed by atoms with E-state index in [2.05, 4.69) is 27.7 Å². The standard InChI is InChI=1S/2C13H18O2.Zn/c2*1-9(2)8-11-4-6-12(7-5-11)10(3)13(14)15;/h2*4-7,9-10H,8H2,1-3H3,(H,14,15);. The maximum Gasteiger partial charge on any atom is 0.310 e. The Morgan fingerprint density at radius 2 is 0.871 bits per heavy atom. The fraction of sp³-hybridized carbons (Fsp3) is 0.462. The summed E-state index contributed by atoms with van der Waals surface area (Å²) in [6, 6.07) is 15.7. The Labute approximate surface area is 199 Å². The topological polar surface area (TPSA) is 74.6 Å². The Balaban J connectivity index is 0.000000562. The number of hydrogen-bond acceptors (Lipinski definition) is 2. The second-order valence-corrected chi connectivity index (χ2v) is 8.80. The van der Waals surface area contributed by atoms with Crippen LogP contribution in [0.4, 0.5) is 0 Å². The zero-order valence-electron chi connectivity index (χ0n) is 19.8. The summed E-state index contributed by atoms with van der Waals surface area (Å²) >= 11 is 0. The Bertz CT molecular complexity index is 726. The molecule has 0 heterocycles. The van der Waals surface area contributed by atoms with Crippen LogP contribution in [0.5, 0.6) is 0 Å². The molecule has 0 saturated carbocycles. The van der Waals surface area contributed by atoms with Crippen molar-refractivity contribution in [1.29, 1.82) is 0 Å². The van der Waals surface area contributed by atoms with Crippen molar-refractivity contribution in [3.05, 3.63) is 70.8 Å². The zero-order valence-corrected chi connectivity index (χ0v) is 22.7. The number of carboxylic acids is 2. The van der Waals surface area contributed by atoms with Gasteiger partial charge in [0, 0.05) is 19.5 Å². The Hall–Kier alpha value is -2.00. The first-order valence-corrected chi connectivity index (χ1v) is 10.6. The molecule has 4 nitrogen and oxygen atoms in total. The molecule has 5 heteroatoms. The molecule has 2 aromatic rings. The Kier molecular flexibility index (Phi) is 13.2. The van der Waals surface area contributed by atoms with Crippen LogP contribution in [0, 0.1) is 11.8 Å². The van der Waals surface area contributed by atoms with Crippen molar-refractivity contribution >= 4 is 11.9 Å². The third-order valence-corrected chi connectivity index (χ3v) is 4.99. The van der Waals surface area contributed by atoms with Gasteiger partial charge in [0.25, 0.3) is 0 Å². The first-order chi connectivity index (χ1) is 14.0. The molecule has 0 saturated heterocycles. The number of carboxylic acid groups (broad SMARTS) is 2. The number of aliphatic carboxylic acids is 2. The minimum absolute atomic E-state index is 0. The molecule has 0 aliphatic carbocycles. The summed E-state index contributed by atoms with van der Waals surface area (Å²) in [5.41, 5.74) is 4.28. The first kappa shape index (κ1) is 29.0. The first-order valence-electron chi connectivity index (χ1n) is 10.6. The quantitative estimate of drug-likeness (QED) is 0.447. The van der Waals surface area contributed by atoms with Gasteiger partial charge < -0.3 is 10.2 Å². The fourth-order valence-electron chi connectivity index (χ4n) is 3.11. The maximum atomic E-state index is 10.8. The van der Waals surface area contributed by atoms with E-state index >= 15 is 0 Å². The third-order valence-electron chi connectivity index (χ3n) is 4.99. The van der Waals surface area contributed by atoms with E-state index in [4.69, 9.17) is 10.2 Å². The summed E-state index contributed by atoms with van der Waals surface area (Å²) in [5, 5.41) is 17.7. The normalized spacial score (nSPS) is 12.4. The van der Waals surface area contributed by atoms with Crippen LogP contribution in [0.2, 0.25) is 0 Å². The maximum absolute atomic E-state index is 10.8. The molecule has 0 bridgehead atoms. The predicted octanol–water partition coefficient (Wildman–Crippen LogP) is 6.14. The number of benzene rings is 2. The van der Waals surface area contributed by atoms with Crippen molar-refractivity contribution < 1.29 is 39.3 Å². The van der Waals surface area contributed by atoms with Crippen LogP contribution in [-0.2, 0) is 41.9 Å². The second-order valence-electron chi connectivity index (χ2n) is 8.80. The molecule has 2 rings (SSSR count). The molecule has 0 radical (unpaired) electrons. The van der Waals surface area contributed by atoms with Crippen LogP contribution < -0.4 is 0 Å². The molecule has 31 heavy (non-hydrogen) atoms. The average Bonchev–Trinajstić information content (AvgIpc) is 2.67. The molecular weight excluding hydrogens is 442 g/mol. The fourth-order valence-corrected chi connectivity index (χ4v) is 3.11. The van der Waals surface area contributed by atoms with Crippen molar-refractivity contribution in [2.45, 2.75) is 66.2 Å². The SMILES string of the molecule is CC(C)Cc1ccc(C(C)C(=O)O)cc1.CC(C)Cc1ccc(C(C)C(=O)O)cc1.[Zn]. The molecule has 0 aliphatic heterocycles. The van der Waals surface area contributed by atoms with E-state index in [1.165, 1.54) is 11.1 Å². The molecule has 0 aromatic heterocycles. The van der Waals surface area contributed by atoms with Crippen molar-refractivity contribution in [3.8, 4) is 0 Å². The minimum Gasteiger partial charge on any atom is -0.481 e. The molecule has 0 aliphatic rings. The molecule has 2 atom stereocenters. The van der Waals surface area contributed by atoms with Crippen LogP contribution in [0.25, 0.3) is 0 Å². The van der Waals surface area contributed by atoms with Gasteiger partial charge in [-0.3, -0.25) is 9.59 Å². The second kappa shape index (κ2) is 14.1. The third kappa shape index (κ3) is 10.7. The molecule has 0 amide bonds. The van der Waals surface area contributed by atoms with Crippen LogP contribution in [-0.4, -0.2) is 22.2 Å². The van der Waals surface area contributed by atoms with Gasteiger partial charge in [-0.2, -0.15) is 0 Å². The number of carbonyl (C=O) groups is 2. The monoisotopic (exact) mass is 476 g/mol. The van der Waals surface area contributed by atoms with Crippen LogP contribution in [0.3, 0.4) is 0 Å². The van der Waals surface area contributed by atoms with E-state index < -0.39 is 23.8 Å².